The predicted molar refractivity (Wildman–Crippen MR) is 69.4 cm³/mol. The minimum atomic E-state index is -0.708. The molecule has 4 nitrogen and oxygen atoms in total. The van der Waals surface area contributed by atoms with E-state index in [1.165, 1.54) is 5.57 Å². The third-order valence-electron chi connectivity index (χ3n) is 4.60. The van der Waals surface area contributed by atoms with Crippen LogP contribution in [-0.4, -0.2) is 35.0 Å². The fourth-order valence-corrected chi connectivity index (χ4v) is 3.32. The zero-order valence-electron chi connectivity index (χ0n) is 11.4. The molecule has 0 aromatic heterocycles. The van der Waals surface area contributed by atoms with Gasteiger partial charge in [0, 0.05) is 12.0 Å². The first-order chi connectivity index (χ1) is 8.92. The van der Waals surface area contributed by atoms with Crippen LogP contribution in [0.2, 0.25) is 0 Å². The molecule has 5 atom stereocenters. The molecule has 2 fully saturated rings. The molecule has 1 N–H and O–H groups in total. The Bertz CT molecular complexity index is 467. The summed E-state index contributed by atoms with van der Waals surface area (Å²) >= 11 is 0. The van der Waals surface area contributed by atoms with Crippen molar-refractivity contribution < 1.29 is 19.4 Å². The highest BCUT2D eigenvalue weighted by atomic mass is 16.6. The van der Waals surface area contributed by atoms with Crippen LogP contribution in [0.25, 0.3) is 0 Å². The normalized spacial score (nSPS) is 48.7. The highest BCUT2D eigenvalue weighted by Gasteiger charge is 2.60. The lowest BCUT2D eigenvalue weighted by Gasteiger charge is -2.24. The molecule has 2 heterocycles. The molecule has 0 saturated carbocycles. The molecule has 0 spiro atoms. The van der Waals surface area contributed by atoms with Crippen molar-refractivity contribution in [2.24, 2.45) is 5.92 Å². The molecule has 3 aliphatic rings. The van der Waals surface area contributed by atoms with Crippen LogP contribution in [0.1, 0.15) is 33.1 Å². The first kappa shape index (κ1) is 12.9. The molecule has 2 saturated heterocycles. The summed E-state index contributed by atoms with van der Waals surface area (Å²) in [6, 6.07) is 0. The van der Waals surface area contributed by atoms with Gasteiger partial charge >= 0.3 is 5.97 Å². The molecule has 4 heteroatoms. The number of aliphatic hydroxyl groups excluding tert-OH is 1. The van der Waals surface area contributed by atoms with Gasteiger partial charge in [0.05, 0.1) is 17.6 Å². The van der Waals surface area contributed by atoms with Crippen LogP contribution in [0, 0.1) is 5.92 Å². The lowest BCUT2D eigenvalue weighted by molar-refractivity contribution is -0.139. The van der Waals surface area contributed by atoms with E-state index in [9.17, 15) is 9.90 Å². The molecular weight excluding hydrogens is 244 g/mol. The lowest BCUT2D eigenvalue weighted by Crippen LogP contribution is -2.36. The SMILES string of the molecule is C=C1C(=O)O[C@H]2C/C(C)=C/CC[C@@]3(C)O[C@H]3[C@@H](O)[C@H]12. The molecular formula is C15H20O4. The van der Waals surface area contributed by atoms with Crippen LogP contribution in [-0.2, 0) is 14.3 Å². The largest absolute Gasteiger partial charge is 0.458 e. The minimum absolute atomic E-state index is 0.210. The van der Waals surface area contributed by atoms with E-state index >= 15 is 0 Å². The van der Waals surface area contributed by atoms with Gasteiger partial charge < -0.3 is 14.6 Å². The third-order valence-corrected chi connectivity index (χ3v) is 4.60. The summed E-state index contributed by atoms with van der Waals surface area (Å²) in [7, 11) is 0. The molecule has 0 unspecified atom stereocenters. The Hall–Kier alpha value is -1.13. The lowest BCUT2D eigenvalue weighted by atomic mass is 9.82. The summed E-state index contributed by atoms with van der Waals surface area (Å²) in [5.74, 6) is -0.732. The average Bonchev–Trinajstić information content (AvgIpc) is 2.92. The number of rotatable bonds is 0. The van der Waals surface area contributed by atoms with Crippen LogP contribution in [0.4, 0.5) is 0 Å². The molecule has 2 aliphatic heterocycles. The molecule has 104 valence electrons. The van der Waals surface area contributed by atoms with Gasteiger partial charge in [-0.3, -0.25) is 0 Å². The van der Waals surface area contributed by atoms with E-state index in [-0.39, 0.29) is 29.7 Å². The van der Waals surface area contributed by atoms with Gasteiger partial charge in [0.25, 0.3) is 0 Å². The second-order valence-corrected chi connectivity index (χ2v) is 6.13. The smallest absolute Gasteiger partial charge is 0.334 e. The van der Waals surface area contributed by atoms with Crippen molar-refractivity contribution in [3.8, 4) is 0 Å². The molecule has 0 aromatic rings. The summed E-state index contributed by atoms with van der Waals surface area (Å²) in [5.41, 5.74) is 1.29. The van der Waals surface area contributed by atoms with Gasteiger partial charge in [0.15, 0.2) is 0 Å². The number of hydrogen-bond donors (Lipinski definition) is 1. The number of fused-ring (bicyclic) bond motifs is 2. The maximum absolute atomic E-state index is 11.7. The van der Waals surface area contributed by atoms with Crippen LogP contribution >= 0.6 is 0 Å². The van der Waals surface area contributed by atoms with Crippen LogP contribution < -0.4 is 0 Å². The van der Waals surface area contributed by atoms with Gasteiger partial charge in [0.2, 0.25) is 0 Å². The molecule has 0 bridgehead atoms. The van der Waals surface area contributed by atoms with Crippen molar-refractivity contribution in [2.45, 2.75) is 57.0 Å². The maximum Gasteiger partial charge on any atom is 0.334 e. The Kier molecular flexibility index (Phi) is 2.84. The fourth-order valence-electron chi connectivity index (χ4n) is 3.32. The van der Waals surface area contributed by atoms with E-state index < -0.39 is 6.10 Å². The molecule has 0 amide bonds. The van der Waals surface area contributed by atoms with Crippen molar-refractivity contribution in [1.29, 1.82) is 0 Å². The zero-order valence-corrected chi connectivity index (χ0v) is 11.4. The van der Waals surface area contributed by atoms with Crippen molar-refractivity contribution in [2.75, 3.05) is 0 Å². The van der Waals surface area contributed by atoms with Gasteiger partial charge in [-0.1, -0.05) is 18.2 Å². The van der Waals surface area contributed by atoms with Crippen LogP contribution in [0.3, 0.4) is 0 Å². The summed E-state index contributed by atoms with van der Waals surface area (Å²) in [4.78, 5) is 11.7. The molecule has 0 radical (unpaired) electrons. The van der Waals surface area contributed by atoms with Crippen LogP contribution in [0.5, 0.6) is 0 Å². The number of hydrogen-bond acceptors (Lipinski definition) is 4. The van der Waals surface area contributed by atoms with Gasteiger partial charge in [-0.25, -0.2) is 4.79 Å². The number of ether oxygens (including phenoxy) is 2. The molecule has 3 rings (SSSR count). The monoisotopic (exact) mass is 264 g/mol. The second kappa shape index (κ2) is 4.18. The van der Waals surface area contributed by atoms with Gasteiger partial charge in [-0.05, 0) is 26.7 Å². The van der Waals surface area contributed by atoms with Crippen LogP contribution in [0.15, 0.2) is 23.8 Å². The first-order valence-corrected chi connectivity index (χ1v) is 6.84. The topological polar surface area (TPSA) is 59.1 Å². The first-order valence-electron chi connectivity index (χ1n) is 6.84. The predicted octanol–water partition coefficient (Wildman–Crippen LogP) is 1.73. The summed E-state index contributed by atoms with van der Waals surface area (Å²) in [6.07, 6.45) is 3.43. The summed E-state index contributed by atoms with van der Waals surface area (Å²) in [5, 5.41) is 10.5. The van der Waals surface area contributed by atoms with E-state index in [1.54, 1.807) is 0 Å². The average molecular weight is 264 g/mol. The highest BCUT2D eigenvalue weighted by Crippen LogP contribution is 2.48. The maximum atomic E-state index is 11.7. The number of carbonyl (C=O) groups is 1. The third kappa shape index (κ3) is 2.03. The number of epoxide rings is 1. The molecule has 1 aliphatic carbocycles. The van der Waals surface area contributed by atoms with Crippen molar-refractivity contribution in [1.82, 2.24) is 0 Å². The van der Waals surface area contributed by atoms with E-state index in [2.05, 4.69) is 12.7 Å². The van der Waals surface area contributed by atoms with E-state index in [0.717, 1.165) is 12.8 Å². The van der Waals surface area contributed by atoms with Gasteiger partial charge in [-0.2, -0.15) is 0 Å². The van der Waals surface area contributed by atoms with Crippen molar-refractivity contribution >= 4 is 5.97 Å². The fraction of sp³-hybridized carbons (Fsp3) is 0.667. The Balaban J connectivity index is 1.92. The van der Waals surface area contributed by atoms with Gasteiger partial charge in [-0.15, -0.1) is 0 Å². The van der Waals surface area contributed by atoms with E-state index in [4.69, 9.17) is 9.47 Å². The Morgan fingerprint density at radius 1 is 1.53 bits per heavy atom. The van der Waals surface area contributed by atoms with E-state index in [0.29, 0.717) is 12.0 Å². The van der Waals surface area contributed by atoms with E-state index in [1.807, 2.05) is 13.8 Å². The van der Waals surface area contributed by atoms with Crippen molar-refractivity contribution in [3.05, 3.63) is 23.8 Å². The Morgan fingerprint density at radius 2 is 2.26 bits per heavy atom. The number of carbonyl (C=O) groups excluding carboxylic acids is 1. The highest BCUT2D eigenvalue weighted by molar-refractivity contribution is 5.91. The quantitative estimate of drug-likeness (QED) is 0.313. The summed E-state index contributed by atoms with van der Waals surface area (Å²) < 4.78 is 11.0. The standard InChI is InChI=1S/C15H20O4/c1-8-5-4-6-15(3)13(19-15)12(16)11-9(2)14(17)18-10(11)7-8/h5,10-13,16H,2,4,6-7H2,1,3H3/b8-5+/t10-,11+,12-,13-,15+/m0/s1. The second-order valence-electron chi connectivity index (χ2n) is 6.13. The van der Waals surface area contributed by atoms with Crippen molar-refractivity contribution in [3.63, 3.8) is 0 Å². The Morgan fingerprint density at radius 3 is 3.00 bits per heavy atom. The number of esters is 1. The molecule has 19 heavy (non-hydrogen) atoms. The number of aliphatic hydroxyl groups is 1. The van der Waals surface area contributed by atoms with Gasteiger partial charge in [0.1, 0.15) is 12.2 Å². The summed E-state index contributed by atoms with van der Waals surface area (Å²) in [6.45, 7) is 7.84. The zero-order chi connectivity index (χ0) is 13.8. The molecule has 0 aromatic carbocycles. The Labute approximate surface area is 113 Å². The minimum Gasteiger partial charge on any atom is -0.458 e. The number of allylic oxidation sites excluding steroid dienone is 1.